The second-order valence-electron chi connectivity index (χ2n) is 5.63. The van der Waals surface area contributed by atoms with Crippen LogP contribution < -0.4 is 14.8 Å². The molecule has 0 heterocycles. The van der Waals surface area contributed by atoms with Crippen molar-refractivity contribution in [2.45, 2.75) is 25.7 Å². The second kappa shape index (κ2) is 8.11. The number of aryl methyl sites for hydroxylation is 3. The Morgan fingerprint density at radius 2 is 1.67 bits per heavy atom. The molecule has 5 heteroatoms. The maximum absolute atomic E-state index is 12.3. The largest absolute Gasteiger partial charge is 0.493 e. The lowest BCUT2D eigenvalue weighted by molar-refractivity contribution is -0.113. The molecule has 4 nitrogen and oxygen atoms in total. The van der Waals surface area contributed by atoms with Crippen LogP contribution in [0.2, 0.25) is 0 Å². The lowest BCUT2D eigenvalue weighted by atomic mass is 10.1. The third-order valence-corrected chi connectivity index (χ3v) is 4.87. The van der Waals surface area contributed by atoms with E-state index < -0.39 is 0 Å². The number of anilines is 1. The lowest BCUT2D eigenvalue weighted by Gasteiger charge is -2.14. The van der Waals surface area contributed by atoms with Crippen LogP contribution in [-0.4, -0.2) is 25.9 Å². The summed E-state index contributed by atoms with van der Waals surface area (Å²) in [4.78, 5) is 13.4. The highest BCUT2D eigenvalue weighted by atomic mass is 32.2. The molecule has 1 amide bonds. The maximum atomic E-state index is 12.3. The van der Waals surface area contributed by atoms with E-state index in [0.29, 0.717) is 17.3 Å². The van der Waals surface area contributed by atoms with Crippen LogP contribution >= 0.6 is 11.8 Å². The number of carbonyl (C=O) groups is 1. The number of rotatable bonds is 6. The summed E-state index contributed by atoms with van der Waals surface area (Å²) in [6.07, 6.45) is 0. The van der Waals surface area contributed by atoms with E-state index in [1.165, 1.54) is 22.9 Å². The molecule has 24 heavy (non-hydrogen) atoms. The van der Waals surface area contributed by atoms with E-state index in [-0.39, 0.29) is 5.91 Å². The Morgan fingerprint density at radius 3 is 2.29 bits per heavy atom. The van der Waals surface area contributed by atoms with E-state index >= 15 is 0 Å². The predicted molar refractivity (Wildman–Crippen MR) is 99.6 cm³/mol. The molecule has 0 saturated heterocycles. The van der Waals surface area contributed by atoms with Crippen LogP contribution in [0.5, 0.6) is 11.5 Å². The van der Waals surface area contributed by atoms with Crippen molar-refractivity contribution >= 4 is 23.4 Å². The van der Waals surface area contributed by atoms with Gasteiger partial charge in [-0.1, -0.05) is 17.7 Å². The summed E-state index contributed by atoms with van der Waals surface area (Å²) < 4.78 is 10.6. The summed E-state index contributed by atoms with van der Waals surface area (Å²) >= 11 is 1.54. The molecule has 2 aromatic carbocycles. The topological polar surface area (TPSA) is 47.6 Å². The molecule has 0 atom stereocenters. The summed E-state index contributed by atoms with van der Waals surface area (Å²) in [7, 11) is 3.17. The normalized spacial score (nSPS) is 10.4. The quantitative estimate of drug-likeness (QED) is 0.790. The zero-order valence-corrected chi connectivity index (χ0v) is 15.5. The molecule has 0 saturated carbocycles. The van der Waals surface area contributed by atoms with Gasteiger partial charge >= 0.3 is 0 Å². The first kappa shape index (κ1) is 18.2. The number of nitrogens with one attached hydrogen (secondary N) is 1. The fraction of sp³-hybridized carbons (Fsp3) is 0.316. The van der Waals surface area contributed by atoms with Gasteiger partial charge in [0, 0.05) is 16.6 Å². The Kier molecular flexibility index (Phi) is 6.15. The van der Waals surface area contributed by atoms with Crippen molar-refractivity contribution in [3.8, 4) is 11.5 Å². The van der Waals surface area contributed by atoms with Gasteiger partial charge in [0.1, 0.15) is 0 Å². The molecule has 128 valence electrons. The molecular formula is C19H23NO3S. The van der Waals surface area contributed by atoms with Gasteiger partial charge in [0.25, 0.3) is 0 Å². The summed E-state index contributed by atoms with van der Waals surface area (Å²) in [6, 6.07) is 9.88. The van der Waals surface area contributed by atoms with Crippen LogP contribution in [0.25, 0.3) is 0 Å². The summed E-state index contributed by atoms with van der Waals surface area (Å²) in [5.74, 6) is 1.56. The van der Waals surface area contributed by atoms with Gasteiger partial charge in [0.2, 0.25) is 5.91 Å². The minimum Gasteiger partial charge on any atom is -0.493 e. The van der Waals surface area contributed by atoms with Crippen molar-refractivity contribution in [1.29, 1.82) is 0 Å². The molecule has 2 aromatic rings. The molecule has 2 rings (SSSR count). The van der Waals surface area contributed by atoms with E-state index in [2.05, 4.69) is 37.4 Å². The molecule has 1 N–H and O–H groups in total. The van der Waals surface area contributed by atoms with Gasteiger partial charge in [-0.15, -0.1) is 11.8 Å². The monoisotopic (exact) mass is 345 g/mol. The van der Waals surface area contributed by atoms with Crippen LogP contribution in [-0.2, 0) is 4.79 Å². The zero-order valence-electron chi connectivity index (χ0n) is 14.7. The van der Waals surface area contributed by atoms with Gasteiger partial charge in [-0.05, 0) is 44.0 Å². The third kappa shape index (κ3) is 4.45. The number of methoxy groups -OCH3 is 2. The first-order valence-corrected chi connectivity index (χ1v) is 8.65. The summed E-state index contributed by atoms with van der Waals surface area (Å²) in [6.45, 7) is 6.05. The molecule has 0 bridgehead atoms. The molecule has 0 aliphatic heterocycles. The van der Waals surface area contributed by atoms with Crippen LogP contribution in [0.4, 0.5) is 5.69 Å². The van der Waals surface area contributed by atoms with E-state index in [1.54, 1.807) is 20.3 Å². The number of benzene rings is 2. The number of hydrogen-bond donors (Lipinski definition) is 1. The van der Waals surface area contributed by atoms with Crippen LogP contribution in [0.15, 0.2) is 35.2 Å². The average molecular weight is 345 g/mol. The highest BCUT2D eigenvalue weighted by molar-refractivity contribution is 8.00. The van der Waals surface area contributed by atoms with Crippen molar-refractivity contribution in [3.63, 3.8) is 0 Å². The highest BCUT2D eigenvalue weighted by Gasteiger charge is 2.11. The smallest absolute Gasteiger partial charge is 0.234 e. The molecule has 0 unspecified atom stereocenters. The second-order valence-corrected chi connectivity index (χ2v) is 6.65. The minimum atomic E-state index is -0.0460. The Balaban J connectivity index is 2.04. The van der Waals surface area contributed by atoms with Crippen molar-refractivity contribution < 1.29 is 14.3 Å². The van der Waals surface area contributed by atoms with Crippen molar-refractivity contribution in [3.05, 3.63) is 47.0 Å². The SMILES string of the molecule is COc1cc(C)c(NC(=O)CSc2ccc(C)cc2C)cc1OC. The van der Waals surface area contributed by atoms with Crippen LogP contribution in [0.3, 0.4) is 0 Å². The molecule has 0 aliphatic carbocycles. The van der Waals surface area contributed by atoms with Crippen molar-refractivity contribution in [2.24, 2.45) is 0 Å². The lowest BCUT2D eigenvalue weighted by Crippen LogP contribution is -2.15. The Bertz CT molecular complexity index is 744. The van der Waals surface area contributed by atoms with E-state index in [4.69, 9.17) is 9.47 Å². The number of thioether (sulfide) groups is 1. The zero-order chi connectivity index (χ0) is 17.7. The Hall–Kier alpha value is -2.14. The Morgan fingerprint density at radius 1 is 1.00 bits per heavy atom. The number of ether oxygens (including phenoxy) is 2. The van der Waals surface area contributed by atoms with Gasteiger partial charge in [-0.3, -0.25) is 4.79 Å². The molecule has 0 aliphatic rings. The summed E-state index contributed by atoms with van der Waals surface area (Å²) in [5.41, 5.74) is 4.08. The number of hydrogen-bond acceptors (Lipinski definition) is 4. The van der Waals surface area contributed by atoms with Crippen molar-refractivity contribution in [2.75, 3.05) is 25.3 Å². The van der Waals surface area contributed by atoms with E-state index in [1.807, 2.05) is 13.0 Å². The number of amides is 1. The van der Waals surface area contributed by atoms with E-state index in [0.717, 1.165) is 16.1 Å². The van der Waals surface area contributed by atoms with E-state index in [9.17, 15) is 4.79 Å². The molecular weight excluding hydrogens is 322 g/mol. The van der Waals surface area contributed by atoms with Gasteiger partial charge in [0.05, 0.1) is 20.0 Å². The maximum Gasteiger partial charge on any atom is 0.234 e. The standard InChI is InChI=1S/C19H23NO3S/c1-12-6-7-18(14(3)8-12)24-11-19(21)20-15-10-17(23-5)16(22-4)9-13(15)2/h6-10H,11H2,1-5H3,(H,20,21). The average Bonchev–Trinajstić information content (AvgIpc) is 2.55. The predicted octanol–water partition coefficient (Wildman–Crippen LogP) is 4.36. The first-order chi connectivity index (χ1) is 11.4. The highest BCUT2D eigenvalue weighted by Crippen LogP contribution is 2.33. The minimum absolute atomic E-state index is 0.0460. The molecule has 0 spiro atoms. The van der Waals surface area contributed by atoms with Crippen LogP contribution in [0, 0.1) is 20.8 Å². The Labute approximate surface area is 147 Å². The molecule has 0 radical (unpaired) electrons. The summed E-state index contributed by atoms with van der Waals surface area (Å²) in [5, 5.41) is 2.94. The fourth-order valence-electron chi connectivity index (χ4n) is 2.41. The van der Waals surface area contributed by atoms with Crippen LogP contribution in [0.1, 0.15) is 16.7 Å². The third-order valence-electron chi connectivity index (χ3n) is 3.69. The first-order valence-electron chi connectivity index (χ1n) is 7.67. The fourth-order valence-corrected chi connectivity index (χ4v) is 3.22. The molecule has 0 aromatic heterocycles. The van der Waals surface area contributed by atoms with Gasteiger partial charge in [0.15, 0.2) is 11.5 Å². The molecule has 0 fully saturated rings. The number of carbonyl (C=O) groups excluding carboxylic acids is 1. The van der Waals surface area contributed by atoms with Gasteiger partial charge in [-0.2, -0.15) is 0 Å². The van der Waals surface area contributed by atoms with Crippen molar-refractivity contribution in [1.82, 2.24) is 0 Å². The van der Waals surface area contributed by atoms with Gasteiger partial charge in [-0.25, -0.2) is 0 Å². The van der Waals surface area contributed by atoms with Gasteiger partial charge < -0.3 is 14.8 Å².